The highest BCUT2D eigenvalue weighted by Gasteiger charge is 2.40. The van der Waals surface area contributed by atoms with Crippen molar-refractivity contribution in [2.45, 2.75) is 45.1 Å². The minimum absolute atomic E-state index is 0.0878. The van der Waals surface area contributed by atoms with Crippen LogP contribution in [0.5, 0.6) is 5.75 Å². The highest BCUT2D eigenvalue weighted by molar-refractivity contribution is 6.61. The molecule has 0 N–H and O–H groups in total. The van der Waals surface area contributed by atoms with Gasteiger partial charge >= 0.3 is 13.3 Å². The lowest BCUT2D eigenvalue weighted by Crippen LogP contribution is -2.51. The maximum absolute atomic E-state index is 13.0. The smallest absolute Gasteiger partial charge is 0.494 e. The van der Waals surface area contributed by atoms with Gasteiger partial charge in [0.25, 0.3) is 0 Å². The Morgan fingerprint density at radius 2 is 2.00 bits per heavy atom. The molecule has 0 bridgehead atoms. The number of halogens is 3. The van der Waals surface area contributed by atoms with E-state index in [4.69, 9.17) is 14.0 Å². The molecule has 1 aromatic carbocycles. The average molecular weight is 302 g/mol. The first-order valence-electron chi connectivity index (χ1n) is 6.71. The lowest BCUT2D eigenvalue weighted by molar-refractivity contribution is -0.138. The van der Waals surface area contributed by atoms with E-state index in [1.54, 1.807) is 0 Å². The molecule has 1 aliphatic heterocycles. The van der Waals surface area contributed by atoms with Crippen LogP contribution in [0.25, 0.3) is 0 Å². The van der Waals surface area contributed by atoms with E-state index >= 15 is 0 Å². The summed E-state index contributed by atoms with van der Waals surface area (Å²) < 4.78 is 55.3. The van der Waals surface area contributed by atoms with E-state index in [1.807, 2.05) is 20.8 Å². The molecule has 21 heavy (non-hydrogen) atoms. The normalized spacial score (nSPS) is 22.2. The molecule has 1 saturated heterocycles. The zero-order valence-corrected chi connectivity index (χ0v) is 12.5. The zero-order valence-electron chi connectivity index (χ0n) is 12.5. The summed E-state index contributed by atoms with van der Waals surface area (Å²) in [5, 5.41) is 0. The Morgan fingerprint density at radius 3 is 2.52 bits per heavy atom. The van der Waals surface area contributed by atoms with Crippen molar-refractivity contribution in [1.82, 2.24) is 0 Å². The highest BCUT2D eigenvalue weighted by atomic mass is 19.4. The molecule has 2 rings (SSSR count). The molecule has 0 aliphatic carbocycles. The van der Waals surface area contributed by atoms with Gasteiger partial charge in [0.05, 0.1) is 18.3 Å². The molecule has 1 unspecified atom stereocenters. The molecule has 116 valence electrons. The van der Waals surface area contributed by atoms with Gasteiger partial charge in [0.1, 0.15) is 5.75 Å². The van der Waals surface area contributed by atoms with Crippen LogP contribution in [0.3, 0.4) is 0 Å². The summed E-state index contributed by atoms with van der Waals surface area (Å²) in [5.41, 5.74) is -0.936. The predicted molar refractivity (Wildman–Crippen MR) is 73.7 cm³/mol. The number of methoxy groups -OCH3 is 1. The first-order chi connectivity index (χ1) is 9.62. The summed E-state index contributed by atoms with van der Waals surface area (Å²) >= 11 is 0. The second kappa shape index (κ2) is 5.53. The van der Waals surface area contributed by atoms with Crippen molar-refractivity contribution in [3.63, 3.8) is 0 Å². The lowest BCUT2D eigenvalue weighted by atomic mass is 9.74. The van der Waals surface area contributed by atoms with Crippen LogP contribution in [-0.2, 0) is 15.5 Å². The fraction of sp³-hybridized carbons (Fsp3) is 0.571. The molecule has 1 aromatic rings. The molecule has 7 heteroatoms. The molecule has 1 atom stereocenters. The van der Waals surface area contributed by atoms with Crippen LogP contribution >= 0.6 is 0 Å². The molecule has 0 spiro atoms. The van der Waals surface area contributed by atoms with Crippen molar-refractivity contribution in [3.8, 4) is 5.75 Å². The van der Waals surface area contributed by atoms with Gasteiger partial charge in [-0.2, -0.15) is 13.2 Å². The Balaban J connectivity index is 2.36. The third-order valence-electron chi connectivity index (χ3n) is 3.36. The fourth-order valence-corrected chi connectivity index (χ4v) is 2.56. The van der Waals surface area contributed by atoms with Crippen molar-refractivity contribution >= 4 is 12.6 Å². The molecule has 0 radical (unpaired) electrons. The topological polar surface area (TPSA) is 27.7 Å². The standard InChI is InChI=1S/C14H18BF3O3/c1-9-8-13(2,3)21-15(20-9)10-5-6-12(19-4)11(7-10)14(16,17)18/h5-7,9H,8H2,1-4H3. The van der Waals surface area contributed by atoms with Crippen molar-refractivity contribution in [2.24, 2.45) is 0 Å². The van der Waals surface area contributed by atoms with E-state index in [1.165, 1.54) is 19.2 Å². The summed E-state index contributed by atoms with van der Waals surface area (Å²) in [6.07, 6.45) is -3.89. The zero-order chi connectivity index (χ0) is 15.8. The summed E-state index contributed by atoms with van der Waals surface area (Å²) in [6.45, 7) is 5.67. The van der Waals surface area contributed by atoms with Gasteiger partial charge < -0.3 is 14.0 Å². The Hall–Kier alpha value is -1.21. The molecule has 1 fully saturated rings. The van der Waals surface area contributed by atoms with Crippen LogP contribution in [0.2, 0.25) is 0 Å². The van der Waals surface area contributed by atoms with Crippen LogP contribution in [0.1, 0.15) is 32.8 Å². The molecular weight excluding hydrogens is 284 g/mol. The third-order valence-corrected chi connectivity index (χ3v) is 3.36. The largest absolute Gasteiger partial charge is 0.496 e. The van der Waals surface area contributed by atoms with Crippen LogP contribution in [0.15, 0.2) is 18.2 Å². The van der Waals surface area contributed by atoms with Gasteiger partial charge in [0.2, 0.25) is 0 Å². The SMILES string of the molecule is COc1ccc(B2OC(C)CC(C)(C)O2)cc1C(F)(F)F. The van der Waals surface area contributed by atoms with E-state index in [9.17, 15) is 13.2 Å². The van der Waals surface area contributed by atoms with Gasteiger partial charge in [-0.05, 0) is 44.8 Å². The molecule has 0 saturated carbocycles. The van der Waals surface area contributed by atoms with Crippen LogP contribution < -0.4 is 10.2 Å². The quantitative estimate of drug-likeness (QED) is 0.786. The van der Waals surface area contributed by atoms with E-state index in [0.717, 1.165) is 6.07 Å². The molecule has 0 amide bonds. The second-order valence-electron chi connectivity index (χ2n) is 5.82. The van der Waals surface area contributed by atoms with Crippen molar-refractivity contribution < 1.29 is 27.2 Å². The van der Waals surface area contributed by atoms with Gasteiger partial charge in [0, 0.05) is 6.10 Å². The van der Waals surface area contributed by atoms with Gasteiger partial charge in [-0.15, -0.1) is 0 Å². The fourth-order valence-electron chi connectivity index (χ4n) is 2.56. The Morgan fingerprint density at radius 1 is 1.33 bits per heavy atom. The van der Waals surface area contributed by atoms with Crippen molar-refractivity contribution in [2.75, 3.05) is 7.11 Å². The van der Waals surface area contributed by atoms with Gasteiger partial charge in [-0.3, -0.25) is 0 Å². The monoisotopic (exact) mass is 302 g/mol. The third kappa shape index (κ3) is 3.71. The minimum Gasteiger partial charge on any atom is -0.496 e. The van der Waals surface area contributed by atoms with Gasteiger partial charge in [-0.25, -0.2) is 0 Å². The number of rotatable bonds is 2. The number of benzene rings is 1. The van der Waals surface area contributed by atoms with Crippen LogP contribution in [0, 0.1) is 0 Å². The van der Waals surface area contributed by atoms with Gasteiger partial charge in [-0.1, -0.05) is 6.07 Å². The summed E-state index contributed by atoms with van der Waals surface area (Å²) in [5.74, 6) is -0.214. The van der Waals surface area contributed by atoms with Crippen LogP contribution in [-0.4, -0.2) is 25.9 Å². The number of hydrogen-bond acceptors (Lipinski definition) is 3. The van der Waals surface area contributed by atoms with E-state index in [-0.39, 0.29) is 11.9 Å². The van der Waals surface area contributed by atoms with Crippen LogP contribution in [0.4, 0.5) is 13.2 Å². The maximum Gasteiger partial charge on any atom is 0.494 e. The number of ether oxygens (including phenoxy) is 1. The Labute approximate surface area is 122 Å². The van der Waals surface area contributed by atoms with Gasteiger partial charge in [0.15, 0.2) is 0 Å². The Kier molecular flexibility index (Phi) is 4.26. The number of hydrogen-bond donors (Lipinski definition) is 0. The second-order valence-corrected chi connectivity index (χ2v) is 5.82. The summed E-state index contributed by atoms with van der Waals surface area (Å²) in [6, 6.07) is 3.85. The van der Waals surface area contributed by atoms with E-state index < -0.39 is 24.5 Å². The summed E-state index contributed by atoms with van der Waals surface area (Å²) in [7, 11) is 0.402. The highest BCUT2D eigenvalue weighted by Crippen LogP contribution is 2.36. The molecule has 3 nitrogen and oxygen atoms in total. The molecule has 0 aromatic heterocycles. The van der Waals surface area contributed by atoms with E-state index in [2.05, 4.69) is 0 Å². The average Bonchev–Trinajstić information content (AvgIpc) is 2.34. The van der Waals surface area contributed by atoms with Crippen molar-refractivity contribution in [1.29, 1.82) is 0 Å². The molecule has 1 heterocycles. The Bertz CT molecular complexity index is 517. The number of alkyl halides is 3. The predicted octanol–water partition coefficient (Wildman–Crippen LogP) is 3.01. The molecular formula is C14H18BF3O3. The molecule has 1 aliphatic rings. The lowest BCUT2D eigenvalue weighted by Gasteiger charge is -2.38. The van der Waals surface area contributed by atoms with E-state index in [0.29, 0.717) is 11.9 Å². The maximum atomic E-state index is 13.0. The first-order valence-corrected chi connectivity index (χ1v) is 6.71. The first kappa shape index (κ1) is 16.2. The summed E-state index contributed by atoms with van der Waals surface area (Å²) in [4.78, 5) is 0. The van der Waals surface area contributed by atoms with Crippen molar-refractivity contribution in [3.05, 3.63) is 23.8 Å². The minimum atomic E-state index is -4.49.